The van der Waals surface area contributed by atoms with Gasteiger partial charge in [-0.2, -0.15) is 9.78 Å². The molecule has 24 heavy (non-hydrogen) atoms. The van der Waals surface area contributed by atoms with E-state index in [-0.39, 0.29) is 24.7 Å². The minimum atomic E-state index is -0.578. The molecule has 0 unspecified atom stereocenters. The molecule has 0 atom stereocenters. The van der Waals surface area contributed by atoms with E-state index in [1.807, 2.05) is 0 Å². The Hall–Kier alpha value is -2.13. The SMILES string of the molecule is Cc1nn(CCCNC(=O)CCn2ccc([N+](=O)[O-])n2)c(Cl)c1Cl. The molecule has 2 heterocycles. The van der Waals surface area contributed by atoms with E-state index in [4.69, 9.17) is 23.2 Å². The Bertz CT molecular complexity index is 742. The molecule has 0 radical (unpaired) electrons. The first-order valence-corrected chi connectivity index (χ1v) is 7.97. The zero-order valence-corrected chi connectivity index (χ0v) is 14.4. The van der Waals surface area contributed by atoms with Crippen LogP contribution < -0.4 is 5.32 Å². The lowest BCUT2D eigenvalue weighted by atomic mass is 10.3. The van der Waals surface area contributed by atoms with Gasteiger partial charge in [0.25, 0.3) is 0 Å². The van der Waals surface area contributed by atoms with Crippen LogP contribution in [0.3, 0.4) is 0 Å². The van der Waals surface area contributed by atoms with Crippen LogP contribution in [-0.2, 0) is 17.9 Å². The summed E-state index contributed by atoms with van der Waals surface area (Å²) in [5.41, 5.74) is 0.666. The van der Waals surface area contributed by atoms with Crippen molar-refractivity contribution < 1.29 is 9.72 Å². The molecule has 0 saturated heterocycles. The number of rotatable bonds is 8. The van der Waals surface area contributed by atoms with E-state index in [1.165, 1.54) is 16.9 Å². The molecule has 0 fully saturated rings. The van der Waals surface area contributed by atoms with E-state index in [0.29, 0.717) is 35.4 Å². The van der Waals surface area contributed by atoms with Crippen LogP contribution in [0.2, 0.25) is 10.2 Å². The lowest BCUT2D eigenvalue weighted by molar-refractivity contribution is -0.389. The number of amides is 1. The molecule has 0 aliphatic carbocycles. The topological polar surface area (TPSA) is 108 Å². The lowest BCUT2D eigenvalue weighted by Gasteiger charge is -2.05. The molecule has 9 nitrogen and oxygen atoms in total. The lowest BCUT2D eigenvalue weighted by Crippen LogP contribution is -2.26. The molecule has 2 aromatic rings. The van der Waals surface area contributed by atoms with Crippen molar-refractivity contribution in [3.63, 3.8) is 0 Å². The predicted octanol–water partition coefficient (Wildman–Crippen LogP) is 2.20. The standard InChI is InChI=1S/C13H16Cl2N6O3/c1-9-12(14)13(15)20(17-9)6-2-5-16-11(22)4-8-19-7-3-10(18-19)21(23)24/h3,7H,2,4-6,8H2,1H3,(H,16,22). The highest BCUT2D eigenvalue weighted by molar-refractivity contribution is 6.41. The van der Waals surface area contributed by atoms with Crippen molar-refractivity contribution in [3.8, 4) is 0 Å². The number of carbonyl (C=O) groups is 1. The van der Waals surface area contributed by atoms with Crippen molar-refractivity contribution in [2.45, 2.75) is 32.9 Å². The van der Waals surface area contributed by atoms with E-state index < -0.39 is 4.92 Å². The largest absolute Gasteiger partial charge is 0.389 e. The van der Waals surface area contributed by atoms with Gasteiger partial charge in [0.05, 0.1) is 29.6 Å². The average molecular weight is 375 g/mol. The van der Waals surface area contributed by atoms with Gasteiger partial charge in [0.2, 0.25) is 5.91 Å². The Kier molecular flexibility index (Phi) is 6.16. The summed E-state index contributed by atoms with van der Waals surface area (Å²) in [5, 5.41) is 22.0. The fourth-order valence-corrected chi connectivity index (χ4v) is 2.41. The van der Waals surface area contributed by atoms with Gasteiger partial charge in [-0.3, -0.25) is 9.48 Å². The van der Waals surface area contributed by atoms with Crippen molar-refractivity contribution in [1.29, 1.82) is 0 Å². The Morgan fingerprint density at radius 1 is 1.38 bits per heavy atom. The van der Waals surface area contributed by atoms with Gasteiger partial charge in [0.1, 0.15) is 10.2 Å². The second-order valence-electron chi connectivity index (χ2n) is 5.06. The van der Waals surface area contributed by atoms with Crippen LogP contribution in [0.5, 0.6) is 0 Å². The number of nitrogens with one attached hydrogen (secondary N) is 1. The molecule has 0 saturated carbocycles. The first-order valence-electron chi connectivity index (χ1n) is 7.21. The summed E-state index contributed by atoms with van der Waals surface area (Å²) in [6.07, 6.45) is 2.31. The van der Waals surface area contributed by atoms with E-state index >= 15 is 0 Å². The highest BCUT2D eigenvalue weighted by Gasteiger charge is 2.12. The molecular formula is C13H16Cl2N6O3. The number of hydrogen-bond acceptors (Lipinski definition) is 5. The molecule has 0 aromatic carbocycles. The number of nitro groups is 1. The summed E-state index contributed by atoms with van der Waals surface area (Å²) in [6, 6.07) is 1.29. The van der Waals surface area contributed by atoms with Crippen molar-refractivity contribution in [1.82, 2.24) is 24.9 Å². The Morgan fingerprint density at radius 2 is 2.12 bits per heavy atom. The highest BCUT2D eigenvalue weighted by Crippen LogP contribution is 2.24. The summed E-state index contributed by atoms with van der Waals surface area (Å²) in [4.78, 5) is 21.7. The molecule has 130 valence electrons. The zero-order valence-electron chi connectivity index (χ0n) is 12.9. The van der Waals surface area contributed by atoms with Gasteiger partial charge in [0.15, 0.2) is 0 Å². The molecule has 1 N–H and O–H groups in total. The number of aryl methyl sites for hydroxylation is 3. The van der Waals surface area contributed by atoms with Crippen LogP contribution >= 0.6 is 23.2 Å². The summed E-state index contributed by atoms with van der Waals surface area (Å²) in [5.74, 6) is -0.394. The maximum Gasteiger partial charge on any atom is 0.389 e. The van der Waals surface area contributed by atoms with E-state index in [9.17, 15) is 14.9 Å². The number of aromatic nitrogens is 4. The molecule has 0 aliphatic rings. The van der Waals surface area contributed by atoms with Gasteiger partial charge in [-0.05, 0) is 18.3 Å². The maximum atomic E-state index is 11.7. The fraction of sp³-hybridized carbons (Fsp3) is 0.462. The van der Waals surface area contributed by atoms with Crippen molar-refractivity contribution in [2.75, 3.05) is 6.54 Å². The van der Waals surface area contributed by atoms with Crippen molar-refractivity contribution in [2.24, 2.45) is 0 Å². The summed E-state index contributed by atoms with van der Waals surface area (Å²) in [6.45, 7) is 3.05. The van der Waals surface area contributed by atoms with Crippen molar-refractivity contribution in [3.05, 3.63) is 38.2 Å². The highest BCUT2D eigenvalue weighted by atomic mass is 35.5. The van der Waals surface area contributed by atoms with Gasteiger partial charge >= 0.3 is 5.82 Å². The monoisotopic (exact) mass is 374 g/mol. The van der Waals surface area contributed by atoms with Crippen LogP contribution in [-0.4, -0.2) is 36.9 Å². The minimum absolute atomic E-state index is 0.158. The minimum Gasteiger partial charge on any atom is -0.358 e. The molecule has 0 aliphatic heterocycles. The van der Waals surface area contributed by atoms with Gasteiger partial charge in [-0.1, -0.05) is 23.2 Å². The number of carbonyl (C=O) groups excluding carboxylic acids is 1. The Labute approximate surface area is 147 Å². The Balaban J connectivity index is 1.67. The molecule has 2 aromatic heterocycles. The summed E-state index contributed by atoms with van der Waals surface area (Å²) < 4.78 is 2.96. The van der Waals surface area contributed by atoms with Crippen LogP contribution in [0.25, 0.3) is 0 Å². The molecule has 1 amide bonds. The molecule has 0 spiro atoms. The summed E-state index contributed by atoms with van der Waals surface area (Å²) in [7, 11) is 0. The van der Waals surface area contributed by atoms with E-state index in [2.05, 4.69) is 15.5 Å². The third kappa shape index (κ3) is 4.68. The quantitative estimate of drug-likeness (QED) is 0.432. The number of hydrogen-bond donors (Lipinski definition) is 1. The summed E-state index contributed by atoms with van der Waals surface area (Å²) >= 11 is 12.0. The van der Waals surface area contributed by atoms with Gasteiger partial charge in [0, 0.05) is 19.5 Å². The first-order chi connectivity index (χ1) is 11.4. The van der Waals surface area contributed by atoms with Gasteiger partial charge in [-0.15, -0.1) is 0 Å². The third-order valence-corrected chi connectivity index (χ3v) is 4.18. The van der Waals surface area contributed by atoms with E-state index in [1.54, 1.807) is 11.6 Å². The first kappa shape index (κ1) is 18.2. The van der Waals surface area contributed by atoms with Crippen molar-refractivity contribution >= 4 is 34.9 Å². The average Bonchev–Trinajstić information content (AvgIpc) is 3.11. The molecular weight excluding hydrogens is 359 g/mol. The molecule has 2 rings (SSSR count). The van der Waals surface area contributed by atoms with Crippen LogP contribution in [0.1, 0.15) is 18.5 Å². The van der Waals surface area contributed by atoms with E-state index in [0.717, 1.165) is 0 Å². The number of nitrogens with zero attached hydrogens (tertiary/aromatic N) is 5. The predicted molar refractivity (Wildman–Crippen MR) is 88.1 cm³/mol. The smallest absolute Gasteiger partial charge is 0.358 e. The maximum absolute atomic E-state index is 11.7. The molecule has 11 heteroatoms. The second-order valence-corrected chi connectivity index (χ2v) is 5.80. The number of halogens is 2. The zero-order chi connectivity index (χ0) is 17.7. The molecule has 0 bridgehead atoms. The van der Waals surface area contributed by atoms with Crippen LogP contribution in [0, 0.1) is 17.0 Å². The van der Waals surface area contributed by atoms with Crippen LogP contribution in [0.15, 0.2) is 12.3 Å². The van der Waals surface area contributed by atoms with Gasteiger partial charge < -0.3 is 15.4 Å². The third-order valence-electron chi connectivity index (χ3n) is 3.25. The van der Waals surface area contributed by atoms with Crippen LogP contribution in [0.4, 0.5) is 5.82 Å². The Morgan fingerprint density at radius 3 is 2.71 bits per heavy atom. The fourth-order valence-electron chi connectivity index (χ4n) is 2.01. The van der Waals surface area contributed by atoms with Gasteiger partial charge in [-0.25, -0.2) is 0 Å². The normalized spacial score (nSPS) is 10.8. The second kappa shape index (κ2) is 8.11.